The predicted molar refractivity (Wildman–Crippen MR) is 79.2 cm³/mol. The van der Waals surface area contributed by atoms with Crippen LogP contribution in [0.3, 0.4) is 0 Å². The molecule has 1 aliphatic carbocycles. The fourth-order valence-corrected chi connectivity index (χ4v) is 3.53. The molecule has 1 saturated heterocycles. The van der Waals surface area contributed by atoms with Crippen LogP contribution in [-0.4, -0.2) is 49.1 Å². The molecule has 0 saturated carbocycles. The van der Waals surface area contributed by atoms with Gasteiger partial charge in [0.25, 0.3) is 0 Å². The van der Waals surface area contributed by atoms with E-state index in [4.69, 9.17) is 5.73 Å². The number of piperazine rings is 1. The minimum atomic E-state index is 0.674. The molecular weight excluding hydrogens is 234 g/mol. The monoisotopic (exact) mass is 259 g/mol. The van der Waals surface area contributed by atoms with E-state index in [0.29, 0.717) is 6.04 Å². The van der Waals surface area contributed by atoms with Crippen molar-refractivity contribution in [3.63, 3.8) is 0 Å². The first kappa shape index (κ1) is 13.1. The van der Waals surface area contributed by atoms with E-state index in [1.54, 1.807) is 11.1 Å². The lowest BCUT2D eigenvalue weighted by atomic mass is 10.1. The van der Waals surface area contributed by atoms with E-state index >= 15 is 0 Å². The molecule has 3 nitrogen and oxygen atoms in total. The zero-order chi connectivity index (χ0) is 13.1. The van der Waals surface area contributed by atoms with Crippen molar-refractivity contribution >= 4 is 0 Å². The van der Waals surface area contributed by atoms with Gasteiger partial charge in [-0.1, -0.05) is 24.3 Å². The first-order chi connectivity index (χ1) is 9.38. The Labute approximate surface area is 116 Å². The first-order valence-corrected chi connectivity index (χ1v) is 7.63. The molecule has 2 N–H and O–H groups in total. The number of hydrogen-bond donors (Lipinski definition) is 1. The third kappa shape index (κ3) is 2.83. The second-order valence-electron chi connectivity index (χ2n) is 5.77. The maximum absolute atomic E-state index is 5.59. The van der Waals surface area contributed by atoms with E-state index in [1.165, 1.54) is 45.6 Å². The van der Waals surface area contributed by atoms with Gasteiger partial charge in [-0.2, -0.15) is 0 Å². The SMILES string of the molecule is NCCCN1CCN(C2CCc3ccccc32)CC1. The van der Waals surface area contributed by atoms with E-state index in [9.17, 15) is 0 Å². The lowest BCUT2D eigenvalue weighted by Crippen LogP contribution is -2.47. The molecule has 3 rings (SSSR count). The van der Waals surface area contributed by atoms with Crippen molar-refractivity contribution in [1.29, 1.82) is 0 Å². The summed E-state index contributed by atoms with van der Waals surface area (Å²) in [6.45, 7) is 6.83. The Hall–Kier alpha value is -0.900. The number of nitrogens with two attached hydrogens (primary N) is 1. The summed E-state index contributed by atoms with van der Waals surface area (Å²) in [4.78, 5) is 5.25. The van der Waals surface area contributed by atoms with Crippen LogP contribution in [0.1, 0.15) is 30.0 Å². The second-order valence-corrected chi connectivity index (χ2v) is 5.77. The molecule has 1 aromatic carbocycles. The molecule has 1 atom stereocenters. The van der Waals surface area contributed by atoms with Crippen LogP contribution in [-0.2, 0) is 6.42 Å². The molecule has 1 fully saturated rings. The first-order valence-electron chi connectivity index (χ1n) is 7.63. The molecule has 0 spiro atoms. The molecular formula is C16H25N3. The van der Waals surface area contributed by atoms with E-state index in [2.05, 4.69) is 34.1 Å². The van der Waals surface area contributed by atoms with E-state index < -0.39 is 0 Å². The molecule has 0 aromatic heterocycles. The summed E-state index contributed by atoms with van der Waals surface area (Å²) >= 11 is 0. The number of nitrogens with zero attached hydrogens (tertiary/aromatic N) is 2. The lowest BCUT2D eigenvalue weighted by molar-refractivity contribution is 0.0957. The smallest absolute Gasteiger partial charge is 0.0355 e. The number of rotatable bonds is 4. The average molecular weight is 259 g/mol. The largest absolute Gasteiger partial charge is 0.330 e. The van der Waals surface area contributed by atoms with Gasteiger partial charge in [-0.15, -0.1) is 0 Å². The molecule has 19 heavy (non-hydrogen) atoms. The summed E-state index contributed by atoms with van der Waals surface area (Å²) in [5, 5.41) is 0. The van der Waals surface area contributed by atoms with Gasteiger partial charge in [0.2, 0.25) is 0 Å². The number of aryl methyl sites for hydroxylation is 1. The summed E-state index contributed by atoms with van der Waals surface area (Å²) < 4.78 is 0. The van der Waals surface area contributed by atoms with Crippen molar-refractivity contribution in [1.82, 2.24) is 9.80 Å². The Morgan fingerprint density at radius 2 is 1.89 bits per heavy atom. The Bertz CT molecular complexity index is 410. The van der Waals surface area contributed by atoms with Crippen molar-refractivity contribution in [2.24, 2.45) is 5.73 Å². The van der Waals surface area contributed by atoms with E-state index in [-0.39, 0.29) is 0 Å². The zero-order valence-electron chi connectivity index (χ0n) is 11.7. The van der Waals surface area contributed by atoms with Gasteiger partial charge in [0.05, 0.1) is 0 Å². The van der Waals surface area contributed by atoms with Crippen LogP contribution in [0.25, 0.3) is 0 Å². The third-order valence-electron chi connectivity index (χ3n) is 4.63. The van der Waals surface area contributed by atoms with E-state index in [0.717, 1.165) is 13.0 Å². The van der Waals surface area contributed by atoms with Crippen LogP contribution >= 0.6 is 0 Å². The van der Waals surface area contributed by atoms with Crippen LogP contribution in [0.15, 0.2) is 24.3 Å². The normalized spacial score (nSPS) is 24.6. The minimum absolute atomic E-state index is 0.674. The second kappa shape index (κ2) is 6.04. The molecule has 0 radical (unpaired) electrons. The van der Waals surface area contributed by atoms with Gasteiger partial charge in [0, 0.05) is 32.2 Å². The van der Waals surface area contributed by atoms with Gasteiger partial charge in [-0.3, -0.25) is 4.90 Å². The summed E-state index contributed by atoms with van der Waals surface area (Å²) in [6, 6.07) is 9.66. The third-order valence-corrected chi connectivity index (χ3v) is 4.63. The Morgan fingerprint density at radius 3 is 2.68 bits per heavy atom. The maximum atomic E-state index is 5.59. The lowest BCUT2D eigenvalue weighted by Gasteiger charge is -2.38. The van der Waals surface area contributed by atoms with Crippen molar-refractivity contribution in [3.8, 4) is 0 Å². The molecule has 0 amide bonds. The van der Waals surface area contributed by atoms with Gasteiger partial charge >= 0.3 is 0 Å². The molecule has 104 valence electrons. The van der Waals surface area contributed by atoms with E-state index in [1.807, 2.05) is 0 Å². The van der Waals surface area contributed by atoms with Crippen molar-refractivity contribution in [2.45, 2.75) is 25.3 Å². The highest BCUT2D eigenvalue weighted by Crippen LogP contribution is 2.35. The van der Waals surface area contributed by atoms with Crippen LogP contribution in [0.4, 0.5) is 0 Å². The highest BCUT2D eigenvalue weighted by Gasteiger charge is 2.29. The van der Waals surface area contributed by atoms with Crippen molar-refractivity contribution in [3.05, 3.63) is 35.4 Å². The highest BCUT2D eigenvalue weighted by molar-refractivity contribution is 5.34. The highest BCUT2D eigenvalue weighted by atomic mass is 15.3. The molecule has 2 aliphatic rings. The van der Waals surface area contributed by atoms with Crippen molar-refractivity contribution < 1.29 is 0 Å². The fourth-order valence-electron chi connectivity index (χ4n) is 3.53. The molecule has 1 aromatic rings. The minimum Gasteiger partial charge on any atom is -0.330 e. The topological polar surface area (TPSA) is 32.5 Å². The Balaban J connectivity index is 1.58. The van der Waals surface area contributed by atoms with Crippen molar-refractivity contribution in [2.75, 3.05) is 39.3 Å². The van der Waals surface area contributed by atoms with Crippen LogP contribution < -0.4 is 5.73 Å². The summed E-state index contributed by atoms with van der Waals surface area (Å²) in [5.74, 6) is 0. The number of hydrogen-bond acceptors (Lipinski definition) is 3. The fraction of sp³-hybridized carbons (Fsp3) is 0.625. The van der Waals surface area contributed by atoms with Gasteiger partial charge in [0.15, 0.2) is 0 Å². The van der Waals surface area contributed by atoms with Gasteiger partial charge in [-0.25, -0.2) is 0 Å². The predicted octanol–water partition coefficient (Wildman–Crippen LogP) is 1.64. The van der Waals surface area contributed by atoms with Crippen LogP contribution in [0.5, 0.6) is 0 Å². The number of benzene rings is 1. The van der Waals surface area contributed by atoms with Gasteiger partial charge < -0.3 is 10.6 Å². The Kier molecular flexibility index (Phi) is 4.16. The quantitative estimate of drug-likeness (QED) is 0.892. The molecule has 0 bridgehead atoms. The summed E-state index contributed by atoms with van der Waals surface area (Å²) in [6.07, 6.45) is 3.70. The van der Waals surface area contributed by atoms with Gasteiger partial charge in [-0.05, 0) is 43.5 Å². The molecule has 1 heterocycles. The maximum Gasteiger partial charge on any atom is 0.0355 e. The van der Waals surface area contributed by atoms with Gasteiger partial charge in [0.1, 0.15) is 0 Å². The van der Waals surface area contributed by atoms with Crippen LogP contribution in [0, 0.1) is 0 Å². The summed E-state index contributed by atoms with van der Waals surface area (Å²) in [7, 11) is 0. The Morgan fingerprint density at radius 1 is 1.11 bits per heavy atom. The standard InChI is InChI=1S/C16H25N3/c17-8-3-9-18-10-12-19(13-11-18)16-7-6-14-4-1-2-5-15(14)16/h1-2,4-5,16H,3,6-13,17H2. The molecule has 3 heteroatoms. The van der Waals surface area contributed by atoms with Crippen LogP contribution in [0.2, 0.25) is 0 Å². The molecule has 1 aliphatic heterocycles. The average Bonchev–Trinajstić information content (AvgIpc) is 2.90. The number of fused-ring (bicyclic) bond motifs is 1. The zero-order valence-corrected chi connectivity index (χ0v) is 11.7. The molecule has 1 unspecified atom stereocenters. The summed E-state index contributed by atoms with van der Waals surface area (Å²) in [5.41, 5.74) is 8.74.